The number of piperidine rings is 1. The lowest BCUT2D eigenvalue weighted by atomic mass is 9.83. The molecule has 0 aromatic heterocycles. The molecule has 3 heteroatoms. The van der Waals surface area contributed by atoms with E-state index in [1.165, 1.54) is 5.56 Å². The van der Waals surface area contributed by atoms with Crippen LogP contribution in [0.2, 0.25) is 0 Å². The second-order valence-corrected chi connectivity index (χ2v) is 7.87. The number of aliphatic hydroxyl groups is 1. The summed E-state index contributed by atoms with van der Waals surface area (Å²) in [5.74, 6) is 0.344. The molecule has 148 valence electrons. The van der Waals surface area contributed by atoms with E-state index in [-0.39, 0.29) is 5.91 Å². The Labute approximate surface area is 172 Å². The van der Waals surface area contributed by atoms with E-state index in [9.17, 15) is 9.90 Å². The molecule has 1 N–H and O–H groups in total. The number of nitrogens with zero attached hydrogens (tertiary/aromatic N) is 1. The smallest absolute Gasteiger partial charge is 0.263 e. The van der Waals surface area contributed by atoms with Crippen molar-refractivity contribution in [2.45, 2.75) is 24.9 Å². The Kier molecular flexibility index (Phi) is 5.77. The zero-order valence-corrected chi connectivity index (χ0v) is 16.6. The molecule has 0 atom stereocenters. The van der Waals surface area contributed by atoms with Crippen molar-refractivity contribution in [2.75, 3.05) is 13.1 Å². The van der Waals surface area contributed by atoms with Crippen molar-refractivity contribution >= 4 is 5.91 Å². The average molecular weight is 386 g/mol. The van der Waals surface area contributed by atoms with Gasteiger partial charge < -0.3 is 10.0 Å². The SMILES string of the molecule is O=C(N1CCC(Cc2ccccc2)CC1)C(O)(c1ccccc1)c1ccccc1. The Bertz CT molecular complexity index is 877. The van der Waals surface area contributed by atoms with E-state index >= 15 is 0 Å². The molecule has 1 fully saturated rings. The highest BCUT2D eigenvalue weighted by Gasteiger charge is 2.43. The molecular weight excluding hydrogens is 358 g/mol. The molecular formula is C26H27NO2. The van der Waals surface area contributed by atoms with Gasteiger partial charge in [-0.25, -0.2) is 0 Å². The van der Waals surface area contributed by atoms with Crippen LogP contribution in [0, 0.1) is 5.92 Å². The fourth-order valence-corrected chi connectivity index (χ4v) is 4.29. The number of carbonyl (C=O) groups excluding carboxylic acids is 1. The Hall–Kier alpha value is -2.91. The molecule has 0 spiro atoms. The van der Waals surface area contributed by atoms with Crippen LogP contribution in [0.4, 0.5) is 0 Å². The number of carbonyl (C=O) groups is 1. The standard InChI is InChI=1S/C26H27NO2/c28-25(27-18-16-22(17-19-27)20-21-10-4-1-5-11-21)26(29,23-12-6-2-7-13-23)24-14-8-3-9-15-24/h1-15,22,29H,16-20H2. The summed E-state index contributed by atoms with van der Waals surface area (Å²) in [6.45, 7) is 1.36. The second-order valence-electron chi connectivity index (χ2n) is 7.87. The van der Waals surface area contributed by atoms with Crippen molar-refractivity contribution in [3.05, 3.63) is 108 Å². The molecule has 1 saturated heterocycles. The second kappa shape index (κ2) is 8.62. The first-order chi connectivity index (χ1) is 14.2. The summed E-state index contributed by atoms with van der Waals surface area (Å²) in [7, 11) is 0. The lowest BCUT2D eigenvalue weighted by molar-refractivity contribution is -0.149. The van der Waals surface area contributed by atoms with E-state index in [1.54, 1.807) is 0 Å². The highest BCUT2D eigenvalue weighted by atomic mass is 16.3. The third-order valence-corrected chi connectivity index (χ3v) is 5.96. The maximum Gasteiger partial charge on any atom is 0.263 e. The summed E-state index contributed by atoms with van der Waals surface area (Å²) in [4.78, 5) is 15.4. The summed E-state index contributed by atoms with van der Waals surface area (Å²) in [6.07, 6.45) is 2.96. The summed E-state index contributed by atoms with van der Waals surface area (Å²) in [5, 5.41) is 11.7. The van der Waals surface area contributed by atoms with E-state index in [0.29, 0.717) is 30.1 Å². The van der Waals surface area contributed by atoms with Crippen LogP contribution in [0.3, 0.4) is 0 Å². The van der Waals surface area contributed by atoms with Crippen LogP contribution in [0.15, 0.2) is 91.0 Å². The van der Waals surface area contributed by atoms with E-state index in [2.05, 4.69) is 24.3 Å². The lowest BCUT2D eigenvalue weighted by Gasteiger charge is -2.38. The van der Waals surface area contributed by atoms with Gasteiger partial charge in [-0.15, -0.1) is 0 Å². The average Bonchev–Trinajstić information content (AvgIpc) is 2.80. The quantitative estimate of drug-likeness (QED) is 0.707. The van der Waals surface area contributed by atoms with E-state index in [4.69, 9.17) is 0 Å². The number of rotatable bonds is 5. The topological polar surface area (TPSA) is 40.5 Å². The fraction of sp³-hybridized carbons (Fsp3) is 0.269. The number of benzene rings is 3. The molecule has 0 aliphatic carbocycles. The van der Waals surface area contributed by atoms with Crippen molar-refractivity contribution in [2.24, 2.45) is 5.92 Å². The minimum absolute atomic E-state index is 0.229. The van der Waals surface area contributed by atoms with Crippen LogP contribution in [0.25, 0.3) is 0 Å². The Morgan fingerprint density at radius 3 is 1.72 bits per heavy atom. The van der Waals surface area contributed by atoms with Gasteiger partial charge in [0.2, 0.25) is 0 Å². The zero-order chi connectivity index (χ0) is 20.1. The van der Waals surface area contributed by atoms with Gasteiger partial charge in [0.15, 0.2) is 5.60 Å². The van der Waals surface area contributed by atoms with Crippen LogP contribution in [0.5, 0.6) is 0 Å². The van der Waals surface area contributed by atoms with Gasteiger partial charge in [-0.1, -0.05) is 91.0 Å². The highest BCUT2D eigenvalue weighted by Crippen LogP contribution is 2.33. The predicted octanol–water partition coefficient (Wildman–Crippen LogP) is 4.40. The molecule has 3 nitrogen and oxygen atoms in total. The van der Waals surface area contributed by atoms with Gasteiger partial charge >= 0.3 is 0 Å². The van der Waals surface area contributed by atoms with Crippen molar-refractivity contribution in [3.8, 4) is 0 Å². The molecule has 0 saturated carbocycles. The number of hydrogen-bond donors (Lipinski definition) is 1. The van der Waals surface area contributed by atoms with E-state index in [0.717, 1.165) is 19.3 Å². The van der Waals surface area contributed by atoms with Gasteiger partial charge in [0.05, 0.1) is 0 Å². The maximum atomic E-state index is 13.6. The molecule has 4 rings (SSSR count). The van der Waals surface area contributed by atoms with Crippen molar-refractivity contribution in [3.63, 3.8) is 0 Å². The van der Waals surface area contributed by atoms with Crippen LogP contribution < -0.4 is 0 Å². The van der Waals surface area contributed by atoms with Crippen molar-refractivity contribution in [1.82, 2.24) is 4.90 Å². The number of amides is 1. The molecule has 1 aliphatic heterocycles. The zero-order valence-electron chi connectivity index (χ0n) is 16.6. The van der Waals surface area contributed by atoms with Gasteiger partial charge in [-0.3, -0.25) is 4.79 Å². The fourth-order valence-electron chi connectivity index (χ4n) is 4.29. The molecule has 0 unspecified atom stereocenters. The first-order valence-electron chi connectivity index (χ1n) is 10.3. The molecule has 3 aromatic carbocycles. The predicted molar refractivity (Wildman–Crippen MR) is 115 cm³/mol. The van der Waals surface area contributed by atoms with Gasteiger partial charge in [0, 0.05) is 13.1 Å². The molecule has 1 aliphatic rings. The Balaban J connectivity index is 1.52. The first-order valence-corrected chi connectivity index (χ1v) is 10.3. The van der Waals surface area contributed by atoms with E-state index < -0.39 is 5.60 Å². The summed E-state index contributed by atoms with van der Waals surface area (Å²) in [6, 6.07) is 29.1. The minimum Gasteiger partial charge on any atom is -0.372 e. The first kappa shape index (κ1) is 19.4. The molecule has 1 amide bonds. The van der Waals surface area contributed by atoms with Crippen LogP contribution >= 0.6 is 0 Å². The van der Waals surface area contributed by atoms with Gasteiger partial charge in [-0.2, -0.15) is 0 Å². The molecule has 29 heavy (non-hydrogen) atoms. The third-order valence-electron chi connectivity index (χ3n) is 5.96. The minimum atomic E-state index is -1.66. The van der Waals surface area contributed by atoms with Crippen LogP contribution in [0.1, 0.15) is 29.5 Å². The van der Waals surface area contributed by atoms with E-state index in [1.807, 2.05) is 71.6 Å². The van der Waals surface area contributed by atoms with Gasteiger partial charge in [-0.05, 0) is 41.9 Å². The lowest BCUT2D eigenvalue weighted by Crippen LogP contribution is -2.50. The monoisotopic (exact) mass is 385 g/mol. The summed E-state index contributed by atoms with van der Waals surface area (Å²) >= 11 is 0. The molecule has 1 heterocycles. The molecule has 0 bridgehead atoms. The molecule has 0 radical (unpaired) electrons. The van der Waals surface area contributed by atoms with Gasteiger partial charge in [0.25, 0.3) is 5.91 Å². The third kappa shape index (κ3) is 4.10. The van der Waals surface area contributed by atoms with Crippen LogP contribution in [-0.2, 0) is 16.8 Å². The Morgan fingerprint density at radius 1 is 0.793 bits per heavy atom. The maximum absolute atomic E-state index is 13.6. The number of likely N-dealkylation sites (tertiary alicyclic amines) is 1. The Morgan fingerprint density at radius 2 is 1.24 bits per heavy atom. The van der Waals surface area contributed by atoms with Gasteiger partial charge in [0.1, 0.15) is 0 Å². The van der Waals surface area contributed by atoms with Crippen molar-refractivity contribution < 1.29 is 9.90 Å². The van der Waals surface area contributed by atoms with Crippen molar-refractivity contribution in [1.29, 1.82) is 0 Å². The number of hydrogen-bond acceptors (Lipinski definition) is 2. The summed E-state index contributed by atoms with van der Waals surface area (Å²) in [5.41, 5.74) is 0.919. The highest BCUT2D eigenvalue weighted by molar-refractivity contribution is 5.90. The van der Waals surface area contributed by atoms with Crippen LogP contribution in [-0.4, -0.2) is 29.0 Å². The normalized spacial score (nSPS) is 15.3. The molecule has 3 aromatic rings. The summed E-state index contributed by atoms with van der Waals surface area (Å²) < 4.78 is 0. The largest absolute Gasteiger partial charge is 0.372 e.